The molecule has 1 aromatic carbocycles. The fourth-order valence-corrected chi connectivity index (χ4v) is 6.37. The maximum atomic E-state index is 11.6. The first-order chi connectivity index (χ1) is 13.6. The summed E-state index contributed by atoms with van der Waals surface area (Å²) in [4.78, 5) is 8.70. The van der Waals surface area contributed by atoms with Crippen LogP contribution >= 0.6 is 11.3 Å². The number of rotatable bonds is 2. The predicted octanol–water partition coefficient (Wildman–Crippen LogP) is 3.50. The van der Waals surface area contributed by atoms with E-state index in [2.05, 4.69) is 76.4 Å². The molecule has 4 nitrogen and oxygen atoms in total. The van der Waals surface area contributed by atoms with E-state index in [1.165, 1.54) is 37.3 Å². The number of benzene rings is 2. The minimum atomic E-state index is -0.0842. The third-order valence-electron chi connectivity index (χ3n) is 6.30. The van der Waals surface area contributed by atoms with Gasteiger partial charge in [0.05, 0.1) is 20.8 Å². The number of hydrogen-bond acceptors (Lipinski definition) is 4. The van der Waals surface area contributed by atoms with E-state index < -0.39 is 0 Å². The van der Waals surface area contributed by atoms with Crippen LogP contribution in [0.3, 0.4) is 0 Å². The first kappa shape index (κ1) is 20.3. The van der Waals surface area contributed by atoms with E-state index in [-0.39, 0.29) is 12.1 Å². The Balaban J connectivity index is 2.11. The van der Waals surface area contributed by atoms with Gasteiger partial charge in [-0.1, -0.05) is 6.92 Å². The lowest BCUT2D eigenvalue weighted by molar-refractivity contribution is -0.364. The average molecular weight is 410 g/mol. The Labute approximate surface area is 177 Å². The van der Waals surface area contributed by atoms with E-state index in [0.717, 1.165) is 17.6 Å². The molecule has 0 N–H and O–H groups in total. The second-order valence-corrected chi connectivity index (χ2v) is 10.3. The van der Waals surface area contributed by atoms with Gasteiger partial charge in [-0.3, -0.25) is 0 Å². The molecule has 1 aliphatic carbocycles. The number of nitrogens with zero attached hydrogens (tertiary/aromatic N) is 3. The molecule has 0 spiro atoms. The average Bonchev–Trinajstić information content (AvgIpc) is 2.63. The summed E-state index contributed by atoms with van der Waals surface area (Å²) in [5.41, 5.74) is 7.18. The predicted molar refractivity (Wildman–Crippen MR) is 122 cm³/mol. The Kier molecular flexibility index (Phi) is 4.94. The monoisotopic (exact) mass is 409 g/mol. The lowest BCUT2D eigenvalue weighted by atomic mass is 9.79. The summed E-state index contributed by atoms with van der Waals surface area (Å²) in [6, 6.07) is 6.73. The van der Waals surface area contributed by atoms with E-state index in [1.807, 2.05) is 11.3 Å². The minimum Gasteiger partial charge on any atom is -0.853 e. The summed E-state index contributed by atoms with van der Waals surface area (Å²) >= 11 is 1.86. The molecular weight excluding hydrogens is 378 g/mol. The summed E-state index contributed by atoms with van der Waals surface area (Å²) < 4.78 is 3.43. The van der Waals surface area contributed by atoms with Gasteiger partial charge in [-0.15, -0.1) is 17.9 Å². The van der Waals surface area contributed by atoms with Crippen LogP contribution in [0.25, 0.3) is 20.8 Å². The second-order valence-electron chi connectivity index (χ2n) is 9.30. The Morgan fingerprint density at radius 1 is 1.21 bits per heavy atom. The van der Waals surface area contributed by atoms with Gasteiger partial charge < -0.3 is 10.0 Å². The van der Waals surface area contributed by atoms with E-state index in [4.69, 9.17) is 4.98 Å². The van der Waals surface area contributed by atoms with Crippen LogP contribution in [0.5, 0.6) is 0 Å². The molecule has 1 atom stereocenters. The number of hydrogen-bond donors (Lipinski definition) is 0. The van der Waals surface area contributed by atoms with Gasteiger partial charge in [0.15, 0.2) is 0 Å². The lowest BCUT2D eigenvalue weighted by Crippen LogP contribution is -2.50. The van der Waals surface area contributed by atoms with Crippen LogP contribution in [0.15, 0.2) is 18.2 Å². The van der Waals surface area contributed by atoms with Crippen molar-refractivity contribution in [1.82, 2.24) is 9.56 Å². The van der Waals surface area contributed by atoms with Crippen LogP contribution in [0.1, 0.15) is 49.8 Å². The Morgan fingerprint density at radius 2 is 1.93 bits per heavy atom. The maximum Gasteiger partial charge on any atom is 0.201 e. The molecule has 29 heavy (non-hydrogen) atoms. The maximum absolute atomic E-state index is 11.6. The van der Waals surface area contributed by atoms with Crippen LogP contribution in [0.4, 0.5) is 5.69 Å². The van der Waals surface area contributed by atoms with Gasteiger partial charge >= 0.3 is 0 Å². The summed E-state index contributed by atoms with van der Waals surface area (Å²) in [6.07, 6.45) is 1.04. The zero-order valence-electron chi connectivity index (χ0n) is 18.6. The van der Waals surface area contributed by atoms with Crippen LogP contribution < -0.4 is 19.9 Å². The molecule has 3 aliphatic rings. The summed E-state index contributed by atoms with van der Waals surface area (Å²) in [6.45, 7) is 11.6. The molecular formula is C24H31N3OS. The molecule has 0 bridgehead atoms. The van der Waals surface area contributed by atoms with Gasteiger partial charge in [0.1, 0.15) is 14.1 Å². The smallest absolute Gasteiger partial charge is 0.201 e. The molecule has 1 aromatic rings. The topological polar surface area (TPSA) is 42.2 Å². The van der Waals surface area contributed by atoms with Gasteiger partial charge in [0.25, 0.3) is 0 Å². The molecule has 0 aromatic heterocycles. The number of fused-ring (bicyclic) bond motifs is 4. The zero-order chi connectivity index (χ0) is 21.1. The quantitative estimate of drug-likeness (QED) is 0.481. The largest absolute Gasteiger partial charge is 0.853 e. The van der Waals surface area contributed by atoms with Crippen molar-refractivity contribution in [1.29, 1.82) is 0 Å². The fourth-order valence-electron chi connectivity index (χ4n) is 4.95. The van der Waals surface area contributed by atoms with Crippen LogP contribution in [-0.2, 0) is 0 Å². The zero-order valence-corrected chi connectivity index (χ0v) is 19.4. The first-order valence-electron chi connectivity index (χ1n) is 10.4. The van der Waals surface area contributed by atoms with Crippen molar-refractivity contribution in [3.05, 3.63) is 40.2 Å². The highest BCUT2D eigenvalue weighted by molar-refractivity contribution is 7.21. The van der Waals surface area contributed by atoms with Crippen molar-refractivity contribution in [2.24, 2.45) is 0 Å². The molecule has 5 heteroatoms. The SMILES string of the molecule is Cc1cc(=[N+](C)C)cc2sc3c4c(cc(C)c3nc1-2)N(CC[O-])C(C)(C)CC4C. The number of aryl methyl sites for hydroxylation is 2. The Morgan fingerprint density at radius 3 is 2.59 bits per heavy atom. The highest BCUT2D eigenvalue weighted by atomic mass is 32.1. The van der Waals surface area contributed by atoms with E-state index in [1.54, 1.807) is 0 Å². The van der Waals surface area contributed by atoms with E-state index in [9.17, 15) is 5.11 Å². The van der Waals surface area contributed by atoms with Gasteiger partial charge in [0.2, 0.25) is 5.36 Å². The summed E-state index contributed by atoms with van der Waals surface area (Å²) in [5, 5.41) is 12.8. The number of anilines is 1. The molecule has 1 unspecified atom stereocenters. The molecule has 0 fully saturated rings. The van der Waals surface area contributed by atoms with Crippen molar-refractivity contribution in [2.45, 2.75) is 52.5 Å². The summed E-state index contributed by atoms with van der Waals surface area (Å²) in [5.74, 6) is 0.430. The molecule has 0 saturated heterocycles. The molecule has 2 aliphatic heterocycles. The molecule has 0 saturated carbocycles. The molecule has 2 heterocycles. The normalized spacial score (nSPS) is 18.3. The summed E-state index contributed by atoms with van der Waals surface area (Å²) in [7, 11) is 4.16. The van der Waals surface area contributed by atoms with Gasteiger partial charge in [-0.2, -0.15) is 0 Å². The minimum absolute atomic E-state index is 0.0133. The Hall–Kier alpha value is -1.98. The molecule has 154 valence electrons. The lowest BCUT2D eigenvalue weighted by Gasteiger charge is -2.48. The standard InChI is InChI=1S/C24H31N3OS/c1-14-10-17(26(6)7)12-19-21(14)25-22-15(2)11-18-20(23(22)29-19)16(3)13-24(4,5)27(18)8-9-28/h10-12,16H,8-9,13H2,1-7H3. The van der Waals surface area contributed by atoms with Crippen molar-refractivity contribution in [2.75, 3.05) is 32.1 Å². The second kappa shape index (κ2) is 7.06. The first-order valence-corrected chi connectivity index (χ1v) is 11.2. The molecule has 0 amide bonds. The van der Waals surface area contributed by atoms with E-state index >= 15 is 0 Å². The van der Waals surface area contributed by atoms with Gasteiger partial charge in [0, 0.05) is 29.9 Å². The highest BCUT2D eigenvalue weighted by Crippen LogP contribution is 2.49. The van der Waals surface area contributed by atoms with E-state index in [0.29, 0.717) is 12.5 Å². The van der Waals surface area contributed by atoms with Crippen molar-refractivity contribution in [3.63, 3.8) is 0 Å². The van der Waals surface area contributed by atoms with Gasteiger partial charge in [-0.05, 0) is 62.8 Å². The van der Waals surface area contributed by atoms with Crippen LogP contribution in [-0.4, -0.2) is 37.8 Å². The molecule has 4 rings (SSSR count). The number of aromatic nitrogens is 1. The van der Waals surface area contributed by atoms with Crippen molar-refractivity contribution < 1.29 is 5.11 Å². The van der Waals surface area contributed by atoms with Crippen LogP contribution in [0.2, 0.25) is 0 Å². The highest BCUT2D eigenvalue weighted by Gasteiger charge is 2.37. The third-order valence-corrected chi connectivity index (χ3v) is 7.45. The third kappa shape index (κ3) is 3.24. The van der Waals surface area contributed by atoms with Crippen molar-refractivity contribution in [3.8, 4) is 10.6 Å². The van der Waals surface area contributed by atoms with Crippen molar-refractivity contribution >= 4 is 27.2 Å². The molecule has 0 radical (unpaired) electrons. The van der Waals surface area contributed by atoms with Crippen LogP contribution in [0, 0.1) is 13.8 Å². The Bertz CT molecular complexity index is 1140. The fraction of sp³-hybridized carbons (Fsp3) is 0.500. The van der Waals surface area contributed by atoms with Gasteiger partial charge in [-0.25, -0.2) is 9.56 Å².